The summed E-state index contributed by atoms with van der Waals surface area (Å²) in [5, 5.41) is 3.10. The van der Waals surface area contributed by atoms with Crippen LogP contribution in [0.4, 0.5) is 17.6 Å². The first-order valence-corrected chi connectivity index (χ1v) is 6.49. The molecule has 0 amide bonds. The van der Waals surface area contributed by atoms with Crippen LogP contribution in [-0.4, -0.2) is 18.8 Å². The van der Waals surface area contributed by atoms with E-state index in [1.54, 1.807) is 0 Å². The summed E-state index contributed by atoms with van der Waals surface area (Å²) in [4.78, 5) is 0. The summed E-state index contributed by atoms with van der Waals surface area (Å²) >= 11 is 0. The van der Waals surface area contributed by atoms with E-state index in [1.165, 1.54) is 6.07 Å². The average molecular weight is 291 g/mol. The summed E-state index contributed by atoms with van der Waals surface area (Å²) in [5.74, 6) is -0.881. The molecule has 20 heavy (non-hydrogen) atoms. The Morgan fingerprint density at radius 2 is 2.10 bits per heavy atom. The quantitative estimate of drug-likeness (QED) is 0.861. The summed E-state index contributed by atoms with van der Waals surface area (Å²) < 4.78 is 57.0. The summed E-state index contributed by atoms with van der Waals surface area (Å²) in [7, 11) is 0. The van der Waals surface area contributed by atoms with Crippen molar-refractivity contribution in [1.29, 1.82) is 0 Å². The Balaban J connectivity index is 2.13. The minimum atomic E-state index is -4.55. The van der Waals surface area contributed by atoms with Gasteiger partial charge >= 0.3 is 6.18 Å². The van der Waals surface area contributed by atoms with Crippen molar-refractivity contribution in [2.75, 3.05) is 13.2 Å². The number of hydrogen-bond donors (Lipinski definition) is 1. The van der Waals surface area contributed by atoms with E-state index in [0.717, 1.165) is 18.9 Å². The molecule has 0 bridgehead atoms. The molecule has 2 rings (SSSR count). The van der Waals surface area contributed by atoms with Gasteiger partial charge in [0.15, 0.2) is 0 Å². The van der Waals surface area contributed by atoms with Crippen molar-refractivity contribution in [3.8, 4) is 0 Å². The Hall–Kier alpha value is -1.14. The lowest BCUT2D eigenvalue weighted by molar-refractivity contribution is -0.138. The van der Waals surface area contributed by atoms with Crippen LogP contribution >= 0.6 is 0 Å². The highest BCUT2D eigenvalue weighted by Crippen LogP contribution is 2.33. The van der Waals surface area contributed by atoms with Crippen LogP contribution in [-0.2, 0) is 17.5 Å². The van der Waals surface area contributed by atoms with Crippen LogP contribution in [0.15, 0.2) is 18.2 Å². The molecule has 6 heteroatoms. The van der Waals surface area contributed by atoms with Gasteiger partial charge in [-0.2, -0.15) is 13.2 Å². The van der Waals surface area contributed by atoms with Gasteiger partial charge < -0.3 is 10.1 Å². The Morgan fingerprint density at radius 3 is 2.70 bits per heavy atom. The summed E-state index contributed by atoms with van der Waals surface area (Å²) in [6.45, 7) is 3.11. The van der Waals surface area contributed by atoms with Gasteiger partial charge in [-0.1, -0.05) is 6.07 Å². The fraction of sp³-hybridized carbons (Fsp3) is 0.571. The Labute approximate surface area is 115 Å². The maximum absolute atomic E-state index is 13.0. The highest BCUT2D eigenvalue weighted by atomic mass is 19.4. The molecule has 0 aliphatic carbocycles. The van der Waals surface area contributed by atoms with Crippen LogP contribution in [0.3, 0.4) is 0 Å². The van der Waals surface area contributed by atoms with E-state index in [9.17, 15) is 17.6 Å². The van der Waals surface area contributed by atoms with E-state index in [1.807, 2.05) is 6.92 Å². The standard InChI is InChI=1S/C14H17F4NO/c1-13(5-2-6-20-9-13)19-8-10-3-4-11(15)7-12(10)14(16,17)18/h3-4,7,19H,2,5-6,8-9H2,1H3. The van der Waals surface area contributed by atoms with Gasteiger partial charge in [-0.25, -0.2) is 4.39 Å². The molecule has 112 valence electrons. The fourth-order valence-electron chi connectivity index (χ4n) is 2.35. The largest absolute Gasteiger partial charge is 0.416 e. The fourth-order valence-corrected chi connectivity index (χ4v) is 2.35. The van der Waals surface area contributed by atoms with Gasteiger partial charge in [0.25, 0.3) is 0 Å². The molecule has 0 aromatic heterocycles. The van der Waals surface area contributed by atoms with E-state index in [2.05, 4.69) is 5.32 Å². The van der Waals surface area contributed by atoms with Gasteiger partial charge in [-0.3, -0.25) is 0 Å². The molecule has 1 aliphatic rings. The van der Waals surface area contributed by atoms with Crippen LogP contribution < -0.4 is 5.32 Å². The number of benzene rings is 1. The van der Waals surface area contributed by atoms with E-state index in [-0.39, 0.29) is 17.6 Å². The van der Waals surface area contributed by atoms with Gasteiger partial charge in [-0.05, 0) is 37.5 Å². The van der Waals surface area contributed by atoms with Crippen LogP contribution in [0.25, 0.3) is 0 Å². The topological polar surface area (TPSA) is 21.3 Å². The molecule has 0 spiro atoms. The van der Waals surface area contributed by atoms with E-state index < -0.39 is 17.6 Å². The molecule has 0 radical (unpaired) electrons. The summed E-state index contributed by atoms with van der Waals surface area (Å²) in [6.07, 6.45) is -2.84. The minimum absolute atomic E-state index is 0.0367. The first-order valence-electron chi connectivity index (χ1n) is 6.49. The third-order valence-electron chi connectivity index (χ3n) is 3.52. The Kier molecular flexibility index (Phi) is 4.34. The molecule has 1 aromatic carbocycles. The molecule has 1 unspecified atom stereocenters. The van der Waals surface area contributed by atoms with Crippen molar-refractivity contribution in [3.63, 3.8) is 0 Å². The second-order valence-corrected chi connectivity index (χ2v) is 5.37. The molecule has 2 nitrogen and oxygen atoms in total. The van der Waals surface area contributed by atoms with Gasteiger partial charge in [0.2, 0.25) is 0 Å². The normalized spacial score (nSPS) is 23.9. The highest BCUT2D eigenvalue weighted by Gasteiger charge is 2.34. The SMILES string of the molecule is CC1(NCc2ccc(F)cc2C(F)(F)F)CCCOC1. The zero-order valence-electron chi connectivity index (χ0n) is 11.2. The minimum Gasteiger partial charge on any atom is -0.380 e. The monoisotopic (exact) mass is 291 g/mol. The molecule has 1 heterocycles. The number of ether oxygens (including phenoxy) is 1. The predicted molar refractivity (Wildman–Crippen MR) is 66.7 cm³/mol. The van der Waals surface area contributed by atoms with E-state index in [4.69, 9.17) is 4.74 Å². The Morgan fingerprint density at radius 1 is 1.35 bits per heavy atom. The smallest absolute Gasteiger partial charge is 0.380 e. The zero-order valence-corrected chi connectivity index (χ0v) is 11.2. The third kappa shape index (κ3) is 3.70. The lowest BCUT2D eigenvalue weighted by Gasteiger charge is -2.34. The number of halogens is 4. The van der Waals surface area contributed by atoms with E-state index >= 15 is 0 Å². The van der Waals surface area contributed by atoms with Crippen molar-refractivity contribution >= 4 is 0 Å². The average Bonchev–Trinajstić information content (AvgIpc) is 2.37. The molecule has 1 aliphatic heterocycles. The second kappa shape index (κ2) is 5.69. The first kappa shape index (κ1) is 15.3. The van der Waals surface area contributed by atoms with Crippen LogP contribution in [0.1, 0.15) is 30.9 Å². The highest BCUT2D eigenvalue weighted by molar-refractivity contribution is 5.30. The van der Waals surface area contributed by atoms with Crippen molar-refractivity contribution in [1.82, 2.24) is 5.32 Å². The van der Waals surface area contributed by atoms with E-state index in [0.29, 0.717) is 19.3 Å². The lowest BCUT2D eigenvalue weighted by atomic mass is 9.94. The van der Waals surface area contributed by atoms with Gasteiger partial charge in [0, 0.05) is 18.7 Å². The van der Waals surface area contributed by atoms with Crippen LogP contribution in [0, 0.1) is 5.82 Å². The van der Waals surface area contributed by atoms with Crippen LogP contribution in [0.5, 0.6) is 0 Å². The zero-order chi connectivity index (χ0) is 14.8. The van der Waals surface area contributed by atoms with Crippen molar-refractivity contribution in [2.45, 2.75) is 38.0 Å². The second-order valence-electron chi connectivity index (χ2n) is 5.37. The van der Waals surface area contributed by atoms with Gasteiger partial charge in [-0.15, -0.1) is 0 Å². The molecule has 1 fully saturated rings. The molecule has 1 atom stereocenters. The van der Waals surface area contributed by atoms with Gasteiger partial charge in [0.05, 0.1) is 12.2 Å². The maximum atomic E-state index is 13.0. The summed E-state index contributed by atoms with van der Waals surface area (Å²) in [5.41, 5.74) is -1.22. The molecular formula is C14H17F4NO. The molecule has 1 aromatic rings. The molecule has 1 N–H and O–H groups in total. The van der Waals surface area contributed by atoms with Crippen molar-refractivity contribution in [2.24, 2.45) is 0 Å². The summed E-state index contributed by atoms with van der Waals surface area (Å²) in [6, 6.07) is 2.76. The Bertz CT molecular complexity index is 467. The molecule has 1 saturated heterocycles. The number of alkyl halides is 3. The third-order valence-corrected chi connectivity index (χ3v) is 3.52. The van der Waals surface area contributed by atoms with Crippen molar-refractivity contribution < 1.29 is 22.3 Å². The number of nitrogens with one attached hydrogen (secondary N) is 1. The molecule has 0 saturated carbocycles. The molecular weight excluding hydrogens is 274 g/mol. The number of hydrogen-bond acceptors (Lipinski definition) is 2. The maximum Gasteiger partial charge on any atom is 0.416 e. The van der Waals surface area contributed by atoms with Crippen LogP contribution in [0.2, 0.25) is 0 Å². The first-order chi connectivity index (χ1) is 9.30. The van der Waals surface area contributed by atoms with Gasteiger partial charge in [0.1, 0.15) is 5.82 Å². The predicted octanol–water partition coefficient (Wildman–Crippen LogP) is 3.50. The lowest BCUT2D eigenvalue weighted by Crippen LogP contribution is -2.48. The number of rotatable bonds is 3. The van der Waals surface area contributed by atoms with Crippen molar-refractivity contribution in [3.05, 3.63) is 35.1 Å².